The maximum Gasteiger partial charge on any atom is 0.124 e. The minimum absolute atomic E-state index is 0.355. The number of hydrogen-bond acceptors (Lipinski definition) is 1. The number of aromatic hydroxyl groups is 1. The molecule has 0 aliphatic heterocycles. The minimum atomic E-state index is 0.355. The summed E-state index contributed by atoms with van der Waals surface area (Å²) in [6, 6.07) is 32.0. The summed E-state index contributed by atoms with van der Waals surface area (Å²) in [5.74, 6) is 0.355. The molecule has 0 heterocycles. The summed E-state index contributed by atoms with van der Waals surface area (Å²) >= 11 is 0. The van der Waals surface area contributed by atoms with Gasteiger partial charge in [0, 0.05) is 16.5 Å². The van der Waals surface area contributed by atoms with Crippen molar-refractivity contribution < 1.29 is 5.11 Å². The lowest BCUT2D eigenvalue weighted by atomic mass is 9.88. The van der Waals surface area contributed by atoms with Gasteiger partial charge in [-0.05, 0) is 54.9 Å². The largest absolute Gasteiger partial charge is 0.507 e. The predicted molar refractivity (Wildman–Crippen MR) is 123 cm³/mol. The number of rotatable bonds is 0. The fourth-order valence-electron chi connectivity index (χ4n) is 5.33. The van der Waals surface area contributed by atoms with Crippen molar-refractivity contribution in [3.05, 3.63) is 91.0 Å². The maximum absolute atomic E-state index is 10.9. The quantitative estimate of drug-likeness (QED) is 0.273. The molecule has 29 heavy (non-hydrogen) atoms. The molecule has 1 aliphatic carbocycles. The molecule has 0 fully saturated rings. The Balaban J connectivity index is 1.87. The Bertz CT molecular complexity index is 1660. The molecule has 0 saturated heterocycles. The highest BCUT2D eigenvalue weighted by molar-refractivity contribution is 6.34. The minimum Gasteiger partial charge on any atom is -0.507 e. The summed E-state index contributed by atoms with van der Waals surface area (Å²) in [6.07, 6.45) is 0. The Morgan fingerprint density at radius 1 is 0.414 bits per heavy atom. The van der Waals surface area contributed by atoms with Crippen molar-refractivity contribution in [2.45, 2.75) is 0 Å². The van der Waals surface area contributed by atoms with Gasteiger partial charge in [-0.3, -0.25) is 0 Å². The fourth-order valence-corrected chi connectivity index (χ4v) is 5.33. The lowest BCUT2D eigenvalue weighted by molar-refractivity contribution is 0.478. The molecule has 1 N–H and O–H groups in total. The third-order valence-electron chi connectivity index (χ3n) is 6.46. The first-order valence-corrected chi connectivity index (χ1v) is 9.94. The van der Waals surface area contributed by atoms with Crippen LogP contribution in [0.5, 0.6) is 5.75 Å². The first kappa shape index (κ1) is 15.1. The molecule has 0 spiro atoms. The molecule has 0 bridgehead atoms. The molecular weight excluding hydrogens is 352 g/mol. The first-order valence-electron chi connectivity index (χ1n) is 9.94. The van der Waals surface area contributed by atoms with E-state index >= 15 is 0 Å². The van der Waals surface area contributed by atoms with Crippen LogP contribution in [0, 0.1) is 0 Å². The number of benzene rings is 6. The number of hydrogen-bond donors (Lipinski definition) is 1. The van der Waals surface area contributed by atoms with Crippen LogP contribution in [0.4, 0.5) is 0 Å². The van der Waals surface area contributed by atoms with Crippen molar-refractivity contribution in [1.82, 2.24) is 0 Å². The van der Waals surface area contributed by atoms with E-state index in [0.29, 0.717) is 5.75 Å². The van der Waals surface area contributed by atoms with E-state index in [2.05, 4.69) is 78.9 Å². The van der Waals surface area contributed by atoms with Crippen LogP contribution in [-0.4, -0.2) is 5.11 Å². The monoisotopic (exact) mass is 368 g/mol. The van der Waals surface area contributed by atoms with Gasteiger partial charge in [0.2, 0.25) is 0 Å². The van der Waals surface area contributed by atoms with Gasteiger partial charge in [0.1, 0.15) is 5.75 Å². The van der Waals surface area contributed by atoms with Crippen LogP contribution in [0.3, 0.4) is 0 Å². The Hall–Kier alpha value is -3.84. The van der Waals surface area contributed by atoms with Crippen LogP contribution in [0.1, 0.15) is 0 Å². The SMILES string of the molecule is Oc1ccc2cccc3c2c1-c1c-3c2ccccc2c2c1ccc1ccccc12. The zero-order chi connectivity index (χ0) is 19.1. The maximum atomic E-state index is 10.9. The summed E-state index contributed by atoms with van der Waals surface area (Å²) in [7, 11) is 0. The number of phenolic OH excluding ortho intramolecular Hbond substituents is 1. The van der Waals surface area contributed by atoms with Crippen LogP contribution < -0.4 is 0 Å². The van der Waals surface area contributed by atoms with Crippen molar-refractivity contribution in [2.75, 3.05) is 0 Å². The van der Waals surface area contributed by atoms with E-state index in [-0.39, 0.29) is 0 Å². The molecule has 7 rings (SSSR count). The Morgan fingerprint density at radius 2 is 1.14 bits per heavy atom. The van der Waals surface area contributed by atoms with Crippen LogP contribution in [0.2, 0.25) is 0 Å². The van der Waals surface area contributed by atoms with Crippen molar-refractivity contribution in [3.8, 4) is 28.0 Å². The Kier molecular flexibility index (Phi) is 2.69. The highest BCUT2D eigenvalue weighted by atomic mass is 16.3. The summed E-state index contributed by atoms with van der Waals surface area (Å²) in [5.41, 5.74) is 4.59. The topological polar surface area (TPSA) is 20.2 Å². The second-order valence-corrected chi connectivity index (χ2v) is 7.87. The van der Waals surface area contributed by atoms with Crippen LogP contribution in [0.15, 0.2) is 91.0 Å². The lowest BCUT2D eigenvalue weighted by Gasteiger charge is -2.15. The van der Waals surface area contributed by atoms with Crippen LogP contribution in [-0.2, 0) is 0 Å². The molecule has 0 aromatic heterocycles. The molecule has 1 nitrogen and oxygen atoms in total. The van der Waals surface area contributed by atoms with Crippen molar-refractivity contribution in [2.24, 2.45) is 0 Å². The van der Waals surface area contributed by atoms with Crippen molar-refractivity contribution in [3.63, 3.8) is 0 Å². The predicted octanol–water partition coefficient (Wildman–Crippen LogP) is 7.65. The van der Waals surface area contributed by atoms with Gasteiger partial charge in [0.15, 0.2) is 0 Å². The lowest BCUT2D eigenvalue weighted by Crippen LogP contribution is -1.87. The van der Waals surface area contributed by atoms with Gasteiger partial charge >= 0.3 is 0 Å². The second-order valence-electron chi connectivity index (χ2n) is 7.87. The van der Waals surface area contributed by atoms with Gasteiger partial charge in [-0.15, -0.1) is 0 Å². The first-order chi connectivity index (χ1) is 14.3. The van der Waals surface area contributed by atoms with Gasteiger partial charge in [0.25, 0.3) is 0 Å². The van der Waals surface area contributed by atoms with E-state index in [4.69, 9.17) is 0 Å². The highest BCUT2D eigenvalue weighted by Gasteiger charge is 2.28. The zero-order valence-electron chi connectivity index (χ0n) is 15.6. The van der Waals surface area contributed by atoms with Gasteiger partial charge in [-0.1, -0.05) is 84.9 Å². The summed E-state index contributed by atoms with van der Waals surface area (Å²) in [4.78, 5) is 0. The van der Waals surface area contributed by atoms with E-state index < -0.39 is 0 Å². The fraction of sp³-hybridized carbons (Fsp3) is 0. The molecule has 134 valence electrons. The van der Waals surface area contributed by atoms with Gasteiger partial charge in [-0.25, -0.2) is 0 Å². The van der Waals surface area contributed by atoms with E-state index in [1.807, 2.05) is 12.1 Å². The Morgan fingerprint density at radius 3 is 2.03 bits per heavy atom. The summed E-state index contributed by atoms with van der Waals surface area (Å²) in [6.45, 7) is 0. The molecule has 0 amide bonds. The highest BCUT2D eigenvalue weighted by Crippen LogP contribution is 2.56. The molecular formula is C28H16O. The summed E-state index contributed by atoms with van der Waals surface area (Å²) in [5, 5.41) is 20.7. The summed E-state index contributed by atoms with van der Waals surface area (Å²) < 4.78 is 0. The second kappa shape index (κ2) is 5.15. The van der Waals surface area contributed by atoms with E-state index in [1.54, 1.807) is 0 Å². The van der Waals surface area contributed by atoms with Gasteiger partial charge in [0.05, 0.1) is 0 Å². The van der Waals surface area contributed by atoms with E-state index in [9.17, 15) is 5.11 Å². The number of fused-ring (bicyclic) bond motifs is 10. The number of phenols is 1. The smallest absolute Gasteiger partial charge is 0.124 e. The average Bonchev–Trinajstić information content (AvgIpc) is 3.13. The normalized spacial score (nSPS) is 12.3. The molecule has 6 aromatic rings. The molecule has 0 atom stereocenters. The Labute approximate surface area is 167 Å². The standard InChI is InChI=1S/C28H16O/c29-23-15-13-17-7-5-11-21-24(17)28(23)27-22-14-12-16-6-1-2-8-18(16)25(22)19-9-3-4-10-20(19)26(21)27/h1-15,29H. The molecule has 0 saturated carbocycles. The van der Waals surface area contributed by atoms with Gasteiger partial charge < -0.3 is 5.11 Å². The molecule has 6 aromatic carbocycles. The zero-order valence-corrected chi connectivity index (χ0v) is 15.6. The molecule has 1 heteroatoms. The van der Waals surface area contributed by atoms with Gasteiger partial charge in [-0.2, -0.15) is 0 Å². The average molecular weight is 368 g/mol. The molecule has 0 radical (unpaired) electrons. The van der Waals surface area contributed by atoms with Crippen LogP contribution in [0.25, 0.3) is 65.3 Å². The van der Waals surface area contributed by atoms with E-state index in [0.717, 1.165) is 16.5 Å². The third kappa shape index (κ3) is 1.76. The van der Waals surface area contributed by atoms with Crippen molar-refractivity contribution in [1.29, 1.82) is 0 Å². The van der Waals surface area contributed by atoms with E-state index in [1.165, 1.54) is 48.8 Å². The van der Waals surface area contributed by atoms with Crippen LogP contribution >= 0.6 is 0 Å². The molecule has 0 unspecified atom stereocenters. The third-order valence-corrected chi connectivity index (χ3v) is 6.46. The molecule has 1 aliphatic rings. The van der Waals surface area contributed by atoms with Crippen molar-refractivity contribution >= 4 is 43.1 Å².